The van der Waals surface area contributed by atoms with Gasteiger partial charge in [-0.1, -0.05) is 89.9 Å². The molecule has 0 saturated heterocycles. The summed E-state index contributed by atoms with van der Waals surface area (Å²) in [6, 6.07) is -1.20. The molecule has 25 nitrogen and oxygen atoms in total. The Balaban J connectivity index is 1.93. The molecule has 0 radical (unpaired) electrons. The van der Waals surface area contributed by atoms with Crippen LogP contribution in [0.3, 0.4) is 0 Å². The molecule has 1 atom stereocenters. The minimum Gasteiger partial charge on any atom is -0.481 e. The van der Waals surface area contributed by atoms with Gasteiger partial charge in [0.15, 0.2) is 0 Å². The van der Waals surface area contributed by atoms with E-state index in [1.165, 1.54) is 64.2 Å². The second-order valence-electron chi connectivity index (χ2n) is 20.3. The average Bonchev–Trinajstić information content (AvgIpc) is 3.53. The molecule has 0 spiro atoms. The zero-order chi connectivity index (χ0) is 59.8. The van der Waals surface area contributed by atoms with Gasteiger partial charge in [-0.05, 0) is 50.9 Å². The predicted molar refractivity (Wildman–Crippen MR) is 303 cm³/mol. The first-order valence-corrected chi connectivity index (χ1v) is 30.0. The quantitative estimate of drug-likeness (QED) is 0.0320. The number of hydrogen-bond donors (Lipinski definition) is 8. The van der Waals surface area contributed by atoms with Crippen LogP contribution in [0.25, 0.3) is 0 Å². The van der Waals surface area contributed by atoms with Crippen molar-refractivity contribution in [2.75, 3.05) is 138 Å². The van der Waals surface area contributed by atoms with E-state index in [0.717, 1.165) is 51.4 Å². The average molecular weight is 1180 g/mol. The van der Waals surface area contributed by atoms with Crippen molar-refractivity contribution in [2.24, 2.45) is 11.8 Å². The van der Waals surface area contributed by atoms with Gasteiger partial charge in [0, 0.05) is 57.9 Å². The van der Waals surface area contributed by atoms with Crippen molar-refractivity contribution in [3.8, 4) is 0 Å². The maximum atomic E-state index is 13.0. The highest BCUT2D eigenvalue weighted by Gasteiger charge is 2.30. The molecule has 0 aromatic carbocycles. The number of carbonyl (C=O) groups is 9. The Morgan fingerprint density at radius 1 is 0.402 bits per heavy atom. The molecule has 6 amide bonds. The molecule has 82 heavy (non-hydrogen) atoms. The summed E-state index contributed by atoms with van der Waals surface area (Å²) in [6.07, 6.45) is 22.7. The molecule has 8 N–H and O–H groups in total. The van der Waals surface area contributed by atoms with Gasteiger partial charge >= 0.3 is 11.9 Å². The van der Waals surface area contributed by atoms with Gasteiger partial charge < -0.3 is 84.8 Å². The second-order valence-corrected chi connectivity index (χ2v) is 20.3. The molecule has 1 saturated carbocycles. The zero-order valence-electron chi connectivity index (χ0n) is 49.0. The fraction of sp³-hybridized carbons (Fsp3) is 0.842. The van der Waals surface area contributed by atoms with Crippen molar-refractivity contribution in [3.63, 3.8) is 0 Å². The molecule has 0 heterocycles. The highest BCUT2D eigenvalue weighted by molar-refractivity contribution is 5.86. The molecule has 0 aliphatic heterocycles. The summed E-state index contributed by atoms with van der Waals surface area (Å²) in [5.74, 6) is -3.56. The fourth-order valence-corrected chi connectivity index (χ4v) is 8.63. The van der Waals surface area contributed by atoms with E-state index in [9.17, 15) is 48.3 Å². The van der Waals surface area contributed by atoms with Gasteiger partial charge in [-0.2, -0.15) is 0 Å². The van der Waals surface area contributed by atoms with Gasteiger partial charge in [-0.25, -0.2) is 4.79 Å². The zero-order valence-corrected chi connectivity index (χ0v) is 49.0. The van der Waals surface area contributed by atoms with Crippen LogP contribution in [0.4, 0.5) is 0 Å². The van der Waals surface area contributed by atoms with Crippen LogP contribution in [-0.2, 0) is 81.0 Å². The number of aldehydes is 1. The fourth-order valence-electron chi connectivity index (χ4n) is 8.63. The molecule has 0 unspecified atom stereocenters. The lowest BCUT2D eigenvalue weighted by Gasteiger charge is -2.28. The number of hydrogen-bond acceptors (Lipinski definition) is 17. The summed E-state index contributed by atoms with van der Waals surface area (Å²) in [5, 5.41) is 34.7. The third kappa shape index (κ3) is 49.7. The monoisotopic (exact) mass is 1170 g/mol. The highest BCUT2D eigenvalue weighted by Crippen LogP contribution is 2.29. The Bertz CT molecular complexity index is 1690. The third-order valence-electron chi connectivity index (χ3n) is 13.3. The van der Waals surface area contributed by atoms with Gasteiger partial charge in [0.2, 0.25) is 35.4 Å². The molecule has 0 aromatic rings. The van der Waals surface area contributed by atoms with Crippen molar-refractivity contribution >= 4 is 53.7 Å². The van der Waals surface area contributed by atoms with Crippen LogP contribution >= 0.6 is 0 Å². The topological polar surface area (TPSA) is 340 Å². The van der Waals surface area contributed by atoms with Gasteiger partial charge in [-0.15, -0.1) is 0 Å². The lowest BCUT2D eigenvalue weighted by Crippen LogP contribution is -2.45. The number of amides is 6. The largest absolute Gasteiger partial charge is 0.481 e. The minimum absolute atomic E-state index is 0.0238. The SMILES string of the molecule is O=CCOCCOCCNC(=O)COCCOCCNC(=O)COCCOCCNC(=O)COCCOCCNC(=O)CC[C@H](NC(=O)C1CCC(CNC(=O)CCCCCCCCCCCCCCCCCCC(=O)O)CC1)C(=O)O. The number of rotatable bonds is 59. The molecule has 0 aromatic heterocycles. The predicted octanol–water partition coefficient (Wildman–Crippen LogP) is 3.16. The number of aliphatic carboxylic acids is 2. The Hall–Kier alpha value is -4.89. The van der Waals surface area contributed by atoms with Crippen LogP contribution in [0, 0.1) is 11.8 Å². The summed E-state index contributed by atoms with van der Waals surface area (Å²) in [7, 11) is 0. The van der Waals surface area contributed by atoms with Gasteiger partial charge in [0.1, 0.15) is 38.8 Å². The molecular weight excluding hydrogens is 1070 g/mol. The Morgan fingerprint density at radius 2 is 0.756 bits per heavy atom. The van der Waals surface area contributed by atoms with Crippen molar-refractivity contribution < 1.29 is 91.3 Å². The van der Waals surface area contributed by atoms with Crippen LogP contribution in [0.5, 0.6) is 0 Å². The standard InChI is InChI=1S/C57H102N6O19/c64-29-34-79-36-35-75-31-26-59-52(67)44-81-41-38-77-33-28-61-54(69)46-82-42-39-78-32-27-60-53(68)45-80-40-37-76-30-25-58-51(66)24-23-49(57(73)74)63-56(72)48-21-19-47(20-22-48)43-62-50(65)17-15-13-11-9-7-5-3-1-2-4-6-8-10-12-14-16-18-55(70)71/h29,47-49H,1-28,30-46H2,(H,58,66)(H,59,67)(H,60,68)(H,61,69)(H,62,65)(H,63,72)(H,70,71)(H,73,74)/t47?,48?,49-/m0/s1. The molecule has 0 bridgehead atoms. The van der Waals surface area contributed by atoms with Gasteiger partial charge in [0.25, 0.3) is 0 Å². The molecule has 1 aliphatic rings. The van der Waals surface area contributed by atoms with Gasteiger partial charge in [-0.3, -0.25) is 33.6 Å². The summed E-state index contributed by atoms with van der Waals surface area (Å²) in [6.45, 7) is 3.86. The molecular formula is C57H102N6O19. The van der Waals surface area contributed by atoms with Gasteiger partial charge in [0.05, 0.1) is 79.3 Å². The summed E-state index contributed by atoms with van der Waals surface area (Å²) >= 11 is 0. The molecule has 1 aliphatic carbocycles. The lowest BCUT2D eigenvalue weighted by atomic mass is 9.81. The van der Waals surface area contributed by atoms with Crippen LogP contribution in [0.15, 0.2) is 0 Å². The van der Waals surface area contributed by atoms with E-state index in [-0.39, 0.29) is 172 Å². The maximum Gasteiger partial charge on any atom is 0.326 e. The number of carbonyl (C=O) groups excluding carboxylic acids is 7. The Labute approximate surface area is 485 Å². The van der Waals surface area contributed by atoms with Crippen LogP contribution in [0.1, 0.15) is 154 Å². The third-order valence-corrected chi connectivity index (χ3v) is 13.3. The minimum atomic E-state index is -1.21. The first-order valence-electron chi connectivity index (χ1n) is 30.0. The molecule has 1 fully saturated rings. The normalized spacial score (nSPS) is 14.3. The van der Waals surface area contributed by atoms with Crippen LogP contribution in [-0.4, -0.2) is 208 Å². The number of unbranched alkanes of at least 4 members (excludes halogenated alkanes) is 15. The van der Waals surface area contributed by atoms with E-state index in [1.807, 2.05) is 0 Å². The maximum absolute atomic E-state index is 13.0. The summed E-state index contributed by atoms with van der Waals surface area (Å²) in [4.78, 5) is 106. The number of ether oxygens (including phenoxy) is 8. The van der Waals surface area contributed by atoms with Crippen LogP contribution < -0.4 is 31.9 Å². The lowest BCUT2D eigenvalue weighted by molar-refractivity contribution is -0.143. The first kappa shape index (κ1) is 75.1. The second kappa shape index (κ2) is 55.3. The summed E-state index contributed by atoms with van der Waals surface area (Å²) in [5.41, 5.74) is 0. The van der Waals surface area contributed by atoms with Crippen molar-refractivity contribution in [1.82, 2.24) is 31.9 Å². The van der Waals surface area contributed by atoms with Crippen molar-refractivity contribution in [2.45, 2.75) is 160 Å². The first-order chi connectivity index (χ1) is 39.9. The van der Waals surface area contributed by atoms with E-state index in [1.54, 1.807) is 0 Å². The highest BCUT2D eigenvalue weighted by atomic mass is 16.5. The number of nitrogens with one attached hydrogen (secondary N) is 6. The van der Waals surface area contributed by atoms with E-state index in [4.69, 9.17) is 43.0 Å². The number of carboxylic acid groups (broad SMARTS) is 2. The molecule has 1 rings (SSSR count). The van der Waals surface area contributed by atoms with Crippen molar-refractivity contribution in [3.05, 3.63) is 0 Å². The smallest absolute Gasteiger partial charge is 0.326 e. The Kier molecular flexibility index (Phi) is 50.7. The van der Waals surface area contributed by atoms with E-state index < -0.39 is 18.0 Å². The van der Waals surface area contributed by atoms with Crippen molar-refractivity contribution in [1.29, 1.82) is 0 Å². The number of carboxylic acids is 2. The van der Waals surface area contributed by atoms with E-state index in [0.29, 0.717) is 58.5 Å². The van der Waals surface area contributed by atoms with E-state index in [2.05, 4.69) is 31.9 Å². The van der Waals surface area contributed by atoms with Crippen LogP contribution in [0.2, 0.25) is 0 Å². The Morgan fingerprint density at radius 3 is 1.15 bits per heavy atom. The summed E-state index contributed by atoms with van der Waals surface area (Å²) < 4.78 is 42.2. The molecule has 25 heteroatoms. The molecule has 474 valence electrons. The van der Waals surface area contributed by atoms with E-state index >= 15 is 0 Å².